The second kappa shape index (κ2) is 4.71. The lowest BCUT2D eigenvalue weighted by molar-refractivity contribution is 0.757. The van der Waals surface area contributed by atoms with Crippen molar-refractivity contribution in [3.05, 3.63) is 54.1 Å². The lowest BCUT2D eigenvalue weighted by atomic mass is 9.93. The highest BCUT2D eigenvalue weighted by Crippen LogP contribution is 2.29. The zero-order valence-corrected chi connectivity index (χ0v) is 10.00. The van der Waals surface area contributed by atoms with Gasteiger partial charge in [0, 0.05) is 5.25 Å². The lowest BCUT2D eigenvalue weighted by Gasteiger charge is -2.21. The summed E-state index contributed by atoms with van der Waals surface area (Å²) in [5.41, 5.74) is 2.67. The quantitative estimate of drug-likeness (QED) is 0.720. The van der Waals surface area contributed by atoms with Gasteiger partial charge in [-0.15, -0.1) is 0 Å². The van der Waals surface area contributed by atoms with Crippen molar-refractivity contribution < 1.29 is 0 Å². The van der Waals surface area contributed by atoms with Gasteiger partial charge in [-0.25, -0.2) is 0 Å². The minimum absolute atomic E-state index is 0.625. The van der Waals surface area contributed by atoms with Crippen LogP contribution in [0.4, 0.5) is 0 Å². The molecule has 1 aliphatic carbocycles. The highest BCUT2D eigenvalue weighted by Gasteiger charge is 2.15. The molecule has 15 heavy (non-hydrogen) atoms. The molecular weight excluding hydrogens is 200 g/mol. The van der Waals surface area contributed by atoms with Crippen LogP contribution in [0.2, 0.25) is 0 Å². The van der Waals surface area contributed by atoms with Crippen molar-refractivity contribution in [2.24, 2.45) is 5.92 Å². The summed E-state index contributed by atoms with van der Waals surface area (Å²) in [6.07, 6.45) is 9.11. The Hall–Kier alpha value is -0.950. The van der Waals surface area contributed by atoms with E-state index in [0.29, 0.717) is 11.2 Å². The second-order valence-electron chi connectivity index (χ2n) is 3.91. The van der Waals surface area contributed by atoms with Gasteiger partial charge >= 0.3 is 0 Å². The van der Waals surface area contributed by atoms with Crippen LogP contribution in [-0.2, 0) is 0 Å². The van der Waals surface area contributed by atoms with Crippen LogP contribution in [0, 0.1) is 5.92 Å². The number of rotatable bonds is 2. The van der Waals surface area contributed by atoms with Gasteiger partial charge in [-0.05, 0) is 23.3 Å². The van der Waals surface area contributed by atoms with Gasteiger partial charge in [-0.1, -0.05) is 55.5 Å². The van der Waals surface area contributed by atoms with E-state index in [1.807, 2.05) is 11.8 Å². The Morgan fingerprint density at radius 1 is 1.13 bits per heavy atom. The predicted octanol–water partition coefficient (Wildman–Crippen LogP) is 4.01. The van der Waals surface area contributed by atoms with Crippen molar-refractivity contribution in [3.8, 4) is 0 Å². The summed E-state index contributed by atoms with van der Waals surface area (Å²) in [4.78, 5) is 0. The molecule has 0 N–H and O–H groups in total. The molecule has 0 amide bonds. The first kappa shape index (κ1) is 10.6. The fraction of sp³-hybridized carbons (Fsp3) is 0.286. The molecule has 0 bridgehead atoms. The molecule has 1 heteroatoms. The molecule has 1 aromatic carbocycles. The third-order valence-corrected chi connectivity index (χ3v) is 3.94. The van der Waals surface area contributed by atoms with E-state index in [2.05, 4.69) is 61.7 Å². The molecule has 0 spiro atoms. The summed E-state index contributed by atoms with van der Waals surface area (Å²) in [5, 5.41) is 0.637. The van der Waals surface area contributed by atoms with Gasteiger partial charge in [0.25, 0.3) is 0 Å². The first-order chi connectivity index (χ1) is 7.31. The van der Waals surface area contributed by atoms with Gasteiger partial charge in [0.05, 0.1) is 0 Å². The van der Waals surface area contributed by atoms with Crippen LogP contribution in [0.1, 0.15) is 12.5 Å². The van der Waals surface area contributed by atoms with Crippen molar-refractivity contribution in [2.75, 3.05) is 6.26 Å². The third kappa shape index (κ3) is 2.35. The van der Waals surface area contributed by atoms with Crippen LogP contribution in [-0.4, -0.2) is 11.5 Å². The van der Waals surface area contributed by atoms with Crippen LogP contribution in [0.3, 0.4) is 0 Å². The Balaban J connectivity index is 2.24. The van der Waals surface area contributed by atoms with Crippen LogP contribution in [0.15, 0.2) is 48.6 Å². The predicted molar refractivity (Wildman–Crippen MR) is 70.0 cm³/mol. The second-order valence-corrected chi connectivity index (χ2v) is 4.92. The number of hydrogen-bond donors (Lipinski definition) is 0. The highest BCUT2D eigenvalue weighted by atomic mass is 32.2. The van der Waals surface area contributed by atoms with Crippen LogP contribution in [0.25, 0.3) is 5.57 Å². The van der Waals surface area contributed by atoms with Crippen LogP contribution in [0.5, 0.6) is 0 Å². The van der Waals surface area contributed by atoms with E-state index >= 15 is 0 Å². The van der Waals surface area contributed by atoms with E-state index in [9.17, 15) is 0 Å². The molecule has 78 valence electrons. The fourth-order valence-electron chi connectivity index (χ4n) is 1.92. The smallest absolute Gasteiger partial charge is 0.0288 e. The Morgan fingerprint density at radius 3 is 2.47 bits per heavy atom. The summed E-state index contributed by atoms with van der Waals surface area (Å²) in [6, 6.07) is 10.6. The largest absolute Gasteiger partial charge is 0.157 e. The van der Waals surface area contributed by atoms with Crippen molar-refractivity contribution in [2.45, 2.75) is 12.2 Å². The van der Waals surface area contributed by atoms with E-state index in [0.717, 1.165) is 0 Å². The van der Waals surface area contributed by atoms with Gasteiger partial charge in [0.15, 0.2) is 0 Å². The molecule has 0 aliphatic heterocycles. The Morgan fingerprint density at radius 2 is 1.87 bits per heavy atom. The summed E-state index contributed by atoms with van der Waals surface area (Å²) < 4.78 is 0. The number of thioether (sulfide) groups is 1. The summed E-state index contributed by atoms with van der Waals surface area (Å²) in [6.45, 7) is 2.29. The topological polar surface area (TPSA) is 0 Å². The average molecular weight is 216 g/mol. The molecule has 0 aromatic heterocycles. The molecule has 0 saturated carbocycles. The van der Waals surface area contributed by atoms with Crippen molar-refractivity contribution in [1.29, 1.82) is 0 Å². The maximum Gasteiger partial charge on any atom is 0.0288 e. The molecule has 0 heterocycles. The maximum atomic E-state index is 2.37. The van der Waals surface area contributed by atoms with E-state index in [-0.39, 0.29) is 0 Å². The molecule has 0 nitrogen and oxygen atoms in total. The van der Waals surface area contributed by atoms with Gasteiger partial charge in [0.2, 0.25) is 0 Å². The molecule has 2 atom stereocenters. The standard InChI is InChI=1S/C14H16S/c1-11-10-13(8-9-14(11)15-2)12-6-4-3-5-7-12/h3-11,14H,1-2H3. The van der Waals surface area contributed by atoms with Crippen molar-refractivity contribution in [3.63, 3.8) is 0 Å². The number of hydrogen-bond acceptors (Lipinski definition) is 1. The zero-order valence-electron chi connectivity index (χ0n) is 9.18. The van der Waals surface area contributed by atoms with Gasteiger partial charge < -0.3 is 0 Å². The molecule has 1 aliphatic rings. The Bertz CT molecular complexity index is 376. The third-order valence-electron chi connectivity index (χ3n) is 2.81. The van der Waals surface area contributed by atoms with E-state index in [1.54, 1.807) is 0 Å². The minimum Gasteiger partial charge on any atom is -0.157 e. The SMILES string of the molecule is CSC1C=CC(c2ccccc2)=CC1C. The van der Waals surface area contributed by atoms with E-state index < -0.39 is 0 Å². The number of allylic oxidation sites excluding steroid dienone is 3. The van der Waals surface area contributed by atoms with E-state index in [1.165, 1.54) is 11.1 Å². The zero-order chi connectivity index (χ0) is 10.7. The molecule has 1 aromatic rings. The molecule has 2 rings (SSSR count). The van der Waals surface area contributed by atoms with Gasteiger partial charge in [-0.2, -0.15) is 11.8 Å². The first-order valence-corrected chi connectivity index (χ1v) is 6.58. The van der Waals surface area contributed by atoms with Crippen LogP contribution < -0.4 is 0 Å². The normalized spacial score (nSPS) is 25.1. The Labute approximate surface area is 96.1 Å². The molecule has 0 saturated heterocycles. The molecule has 0 radical (unpaired) electrons. The first-order valence-electron chi connectivity index (χ1n) is 5.29. The lowest BCUT2D eigenvalue weighted by Crippen LogP contribution is -2.12. The van der Waals surface area contributed by atoms with Crippen LogP contribution >= 0.6 is 11.8 Å². The summed E-state index contributed by atoms with van der Waals surface area (Å²) in [5.74, 6) is 0.625. The monoisotopic (exact) mass is 216 g/mol. The van der Waals surface area contributed by atoms with E-state index in [4.69, 9.17) is 0 Å². The van der Waals surface area contributed by atoms with Crippen molar-refractivity contribution in [1.82, 2.24) is 0 Å². The Kier molecular flexibility index (Phi) is 3.32. The highest BCUT2D eigenvalue weighted by molar-refractivity contribution is 7.99. The van der Waals surface area contributed by atoms with Gasteiger partial charge in [-0.3, -0.25) is 0 Å². The minimum atomic E-state index is 0.625. The van der Waals surface area contributed by atoms with Gasteiger partial charge in [0.1, 0.15) is 0 Å². The van der Waals surface area contributed by atoms with Crippen molar-refractivity contribution >= 4 is 17.3 Å². The number of benzene rings is 1. The summed E-state index contributed by atoms with van der Waals surface area (Å²) >= 11 is 1.92. The molecule has 0 fully saturated rings. The average Bonchev–Trinajstić information content (AvgIpc) is 2.30. The maximum absolute atomic E-state index is 2.37. The molecular formula is C14H16S. The summed E-state index contributed by atoms with van der Waals surface area (Å²) in [7, 11) is 0. The fourth-order valence-corrected chi connectivity index (χ4v) is 2.67. The molecule has 2 unspecified atom stereocenters.